The number of aliphatic hydroxyl groups excluding tert-OH is 1. The topological polar surface area (TPSA) is 78.9 Å². The van der Waals surface area contributed by atoms with Crippen molar-refractivity contribution in [2.24, 2.45) is 11.8 Å². The Balaban J connectivity index is 1.41. The first-order valence-corrected chi connectivity index (χ1v) is 15.8. The lowest BCUT2D eigenvalue weighted by atomic mass is 9.68. The second-order valence-corrected chi connectivity index (χ2v) is 13.9. The van der Waals surface area contributed by atoms with E-state index < -0.39 is 17.1 Å². The number of nitrogens with one attached hydrogen (secondary N) is 1. The van der Waals surface area contributed by atoms with Gasteiger partial charge in [-0.15, -0.1) is 0 Å². The van der Waals surface area contributed by atoms with Crippen LogP contribution in [0, 0.1) is 11.8 Å². The molecule has 2 aliphatic heterocycles. The Labute approximate surface area is 238 Å². The number of fused-ring (bicyclic) bond motifs is 4. The van der Waals surface area contributed by atoms with E-state index in [0.717, 1.165) is 61.7 Å². The van der Waals surface area contributed by atoms with Crippen LogP contribution in [-0.2, 0) is 22.8 Å². The summed E-state index contributed by atoms with van der Waals surface area (Å²) in [5, 5.41) is 11.6. The first-order valence-electron chi connectivity index (χ1n) is 14.2. The van der Waals surface area contributed by atoms with E-state index >= 15 is 0 Å². The number of benzene rings is 2. The zero-order valence-electron chi connectivity index (χ0n) is 22.4. The second-order valence-electron chi connectivity index (χ2n) is 11.8. The van der Waals surface area contributed by atoms with Gasteiger partial charge < -0.3 is 14.7 Å². The lowest BCUT2D eigenvalue weighted by Crippen LogP contribution is -2.49. The first-order chi connectivity index (χ1) is 18.8. The van der Waals surface area contributed by atoms with Crippen LogP contribution in [0.25, 0.3) is 0 Å². The van der Waals surface area contributed by atoms with E-state index in [1.54, 1.807) is 6.07 Å². The maximum atomic E-state index is 13.2. The number of hydrogen-bond donors (Lipinski definition) is 2. The van der Waals surface area contributed by atoms with Crippen LogP contribution in [-0.4, -0.2) is 46.3 Å². The third-order valence-electron chi connectivity index (χ3n) is 9.30. The molecular weight excluding hydrogens is 532 g/mol. The smallest absolute Gasteiger partial charge is 0.263 e. The monoisotopic (exact) mass is 568 g/mol. The van der Waals surface area contributed by atoms with E-state index in [0.29, 0.717) is 30.9 Å². The van der Waals surface area contributed by atoms with Gasteiger partial charge in [0.2, 0.25) is 0 Å². The number of amides is 1. The van der Waals surface area contributed by atoms with Crippen molar-refractivity contribution < 1.29 is 18.8 Å². The molecule has 39 heavy (non-hydrogen) atoms. The number of ether oxygens (including phenoxy) is 1. The Morgan fingerprint density at radius 2 is 2.05 bits per heavy atom. The average Bonchev–Trinajstić information content (AvgIpc) is 3.05. The molecule has 2 aromatic carbocycles. The summed E-state index contributed by atoms with van der Waals surface area (Å²) in [6, 6.07) is 11.8. The summed E-state index contributed by atoms with van der Waals surface area (Å²) in [5.74, 6) is 0.974. The maximum Gasteiger partial charge on any atom is 0.263 e. The van der Waals surface area contributed by atoms with E-state index in [-0.39, 0.29) is 22.5 Å². The number of aryl methyl sites for hydroxylation is 1. The third-order valence-corrected chi connectivity index (χ3v) is 10.9. The van der Waals surface area contributed by atoms with Crippen molar-refractivity contribution in [3.8, 4) is 5.75 Å². The third kappa shape index (κ3) is 5.25. The zero-order valence-corrected chi connectivity index (χ0v) is 24.0. The van der Waals surface area contributed by atoms with Crippen molar-refractivity contribution in [1.29, 1.82) is 0 Å². The molecule has 6 atom stereocenters. The lowest BCUT2D eigenvalue weighted by molar-refractivity contribution is 0.0456. The van der Waals surface area contributed by atoms with Gasteiger partial charge in [-0.3, -0.25) is 9.52 Å². The molecule has 4 unspecified atom stereocenters. The predicted molar refractivity (Wildman–Crippen MR) is 156 cm³/mol. The molecule has 6 rings (SSSR count). The van der Waals surface area contributed by atoms with Gasteiger partial charge in [-0.25, -0.2) is 4.21 Å². The van der Waals surface area contributed by atoms with Gasteiger partial charge in [0, 0.05) is 29.1 Å². The summed E-state index contributed by atoms with van der Waals surface area (Å²) in [6.45, 7) is 3.98. The van der Waals surface area contributed by atoms with E-state index in [9.17, 15) is 14.1 Å². The van der Waals surface area contributed by atoms with Gasteiger partial charge in [0.25, 0.3) is 5.91 Å². The van der Waals surface area contributed by atoms with Crippen LogP contribution in [0.5, 0.6) is 5.75 Å². The minimum Gasteiger partial charge on any atom is -0.490 e. The number of anilines is 1. The Hall–Kier alpha value is -2.35. The highest BCUT2D eigenvalue weighted by Crippen LogP contribution is 2.46. The second kappa shape index (κ2) is 10.9. The van der Waals surface area contributed by atoms with Crippen LogP contribution in [0.2, 0.25) is 5.02 Å². The summed E-state index contributed by atoms with van der Waals surface area (Å²) < 4.78 is 22.1. The molecule has 1 saturated carbocycles. The molecule has 2 N–H and O–H groups in total. The number of carbonyl (C=O) groups is 1. The van der Waals surface area contributed by atoms with Crippen molar-refractivity contribution in [3.63, 3.8) is 0 Å². The van der Waals surface area contributed by atoms with Crippen molar-refractivity contribution in [2.75, 3.05) is 24.6 Å². The van der Waals surface area contributed by atoms with Crippen molar-refractivity contribution in [2.45, 2.75) is 68.6 Å². The molecular formula is C31H37ClN2O4S. The fraction of sp³-hybridized carbons (Fsp3) is 0.516. The molecule has 8 heteroatoms. The number of nitrogens with zero attached hydrogens (tertiary/aromatic N) is 1. The quantitative estimate of drug-likeness (QED) is 0.420. The van der Waals surface area contributed by atoms with Gasteiger partial charge in [-0.2, -0.15) is 0 Å². The Bertz CT molecular complexity index is 1320. The van der Waals surface area contributed by atoms with Gasteiger partial charge >= 0.3 is 0 Å². The molecule has 208 valence electrons. The summed E-state index contributed by atoms with van der Waals surface area (Å²) in [7, 11) is -1.50. The van der Waals surface area contributed by atoms with Crippen LogP contribution in [0.15, 0.2) is 48.6 Å². The summed E-state index contributed by atoms with van der Waals surface area (Å²) in [6.07, 6.45) is 9.96. The van der Waals surface area contributed by atoms with E-state index in [2.05, 4.69) is 21.8 Å². The number of carbonyl (C=O) groups excluding carboxylic acids is 1. The molecule has 0 saturated heterocycles. The molecule has 2 aliphatic carbocycles. The zero-order chi connectivity index (χ0) is 27.1. The van der Waals surface area contributed by atoms with Crippen LogP contribution in [0.1, 0.15) is 66.9 Å². The van der Waals surface area contributed by atoms with E-state index in [1.165, 1.54) is 11.1 Å². The van der Waals surface area contributed by atoms with Gasteiger partial charge in [-0.05, 0) is 105 Å². The molecule has 2 aromatic rings. The molecule has 0 aromatic heterocycles. The molecule has 1 fully saturated rings. The number of allylic oxidation sites excluding steroid dienone is 1. The Morgan fingerprint density at radius 1 is 1.18 bits per heavy atom. The highest BCUT2D eigenvalue weighted by molar-refractivity contribution is 7.84. The van der Waals surface area contributed by atoms with Crippen LogP contribution in [0.3, 0.4) is 0 Å². The summed E-state index contributed by atoms with van der Waals surface area (Å²) >= 11 is 6.38. The molecule has 0 radical (unpaired) electrons. The first kappa shape index (κ1) is 26.9. The number of halogens is 1. The predicted octanol–water partition coefficient (Wildman–Crippen LogP) is 5.33. The Kier molecular flexibility index (Phi) is 7.51. The van der Waals surface area contributed by atoms with Crippen molar-refractivity contribution in [1.82, 2.24) is 4.72 Å². The largest absolute Gasteiger partial charge is 0.490 e. The molecule has 6 nitrogen and oxygen atoms in total. The SMILES string of the molecule is C[C@H]1CC/C=C/C(O)C2CCC2CN2C[C@@]3(CCCc4cc(Cl)ccc43)COc3ccc(cc32)C(=O)NS1=O. The van der Waals surface area contributed by atoms with Gasteiger partial charge in [0.05, 0.1) is 23.6 Å². The number of aliphatic hydroxyl groups is 1. The van der Waals surface area contributed by atoms with Gasteiger partial charge in [0.1, 0.15) is 16.7 Å². The Morgan fingerprint density at radius 3 is 2.87 bits per heavy atom. The van der Waals surface area contributed by atoms with Crippen molar-refractivity contribution in [3.05, 3.63) is 70.3 Å². The van der Waals surface area contributed by atoms with Gasteiger partial charge in [-0.1, -0.05) is 29.8 Å². The normalized spacial score (nSPS) is 33.6. The van der Waals surface area contributed by atoms with Crippen LogP contribution >= 0.6 is 11.6 Å². The summed E-state index contributed by atoms with van der Waals surface area (Å²) in [4.78, 5) is 15.6. The highest BCUT2D eigenvalue weighted by Gasteiger charge is 2.44. The van der Waals surface area contributed by atoms with Crippen molar-refractivity contribution >= 4 is 34.2 Å². The van der Waals surface area contributed by atoms with Gasteiger partial charge in [0.15, 0.2) is 0 Å². The molecule has 1 spiro atoms. The van der Waals surface area contributed by atoms with E-state index in [1.807, 2.05) is 37.3 Å². The van der Waals surface area contributed by atoms with E-state index in [4.69, 9.17) is 16.3 Å². The molecule has 2 bridgehead atoms. The number of rotatable bonds is 0. The minimum atomic E-state index is -1.50. The number of hydrogen-bond acceptors (Lipinski definition) is 5. The van der Waals surface area contributed by atoms with Crippen LogP contribution < -0.4 is 14.4 Å². The maximum absolute atomic E-state index is 13.2. The highest BCUT2D eigenvalue weighted by atomic mass is 35.5. The molecule has 1 amide bonds. The standard InChI is InChI=1S/C31H37ClN2O4S/c1-20-5-2-3-7-28(35)25-11-8-23(25)17-34-18-31(14-4-6-21-15-24(32)10-12-26(21)31)19-38-29-13-9-22(16-27(29)34)30(36)33-39(20)37/h3,7,9-10,12-13,15-16,20,23,25,28,35H,2,4-6,8,11,14,17-19H2,1H3,(H,33,36)/b7-3+/t20-,23?,25?,28?,31-,39?/m0/s1. The molecule has 2 heterocycles. The molecule has 4 aliphatic rings. The van der Waals surface area contributed by atoms with Crippen LogP contribution in [0.4, 0.5) is 5.69 Å². The summed E-state index contributed by atoms with van der Waals surface area (Å²) in [5.41, 5.74) is 3.76. The average molecular weight is 569 g/mol. The minimum absolute atomic E-state index is 0.194. The fourth-order valence-electron chi connectivity index (χ4n) is 6.88. The lowest BCUT2D eigenvalue weighted by Gasteiger charge is -2.45. The fourth-order valence-corrected chi connectivity index (χ4v) is 7.92.